The zero-order valence-corrected chi connectivity index (χ0v) is 11.9. The molecule has 0 aliphatic carbocycles. The first-order chi connectivity index (χ1) is 6.95. The molecular weight excluding hydrogens is 272 g/mol. The minimum Gasteiger partial charge on any atom is -0.122 e. The van der Waals surface area contributed by atoms with Crippen molar-refractivity contribution in [1.29, 1.82) is 0 Å². The largest absolute Gasteiger partial charge is 0.122 e. The minimum absolute atomic E-state index is 0.198. The summed E-state index contributed by atoms with van der Waals surface area (Å²) in [6.45, 7) is 6.64. The van der Waals surface area contributed by atoms with Gasteiger partial charge in [-0.15, -0.1) is 11.6 Å². The lowest BCUT2D eigenvalue weighted by molar-refractivity contribution is 0.330. The summed E-state index contributed by atoms with van der Waals surface area (Å²) in [5.74, 6) is 0. The average molecular weight is 290 g/mol. The SMILES string of the molecule is CCC(C)(C)C(Cl)Cc1ccc(Br)cc1. The van der Waals surface area contributed by atoms with Crippen molar-refractivity contribution >= 4 is 27.5 Å². The van der Waals surface area contributed by atoms with Crippen molar-refractivity contribution in [2.75, 3.05) is 0 Å². The first-order valence-electron chi connectivity index (χ1n) is 5.34. The molecule has 0 amide bonds. The summed E-state index contributed by atoms with van der Waals surface area (Å²) in [5, 5.41) is 0.198. The van der Waals surface area contributed by atoms with E-state index in [2.05, 4.69) is 61.0 Å². The molecule has 0 N–H and O–H groups in total. The highest BCUT2D eigenvalue weighted by Gasteiger charge is 2.25. The predicted molar refractivity (Wildman–Crippen MR) is 71.6 cm³/mol. The molecule has 0 radical (unpaired) electrons. The van der Waals surface area contributed by atoms with Crippen molar-refractivity contribution in [3.05, 3.63) is 34.3 Å². The van der Waals surface area contributed by atoms with Crippen molar-refractivity contribution in [2.24, 2.45) is 5.41 Å². The Kier molecular flexibility index (Phi) is 4.66. The molecule has 1 unspecified atom stereocenters. The third kappa shape index (κ3) is 3.81. The summed E-state index contributed by atoms with van der Waals surface area (Å²) in [6, 6.07) is 8.40. The zero-order valence-electron chi connectivity index (χ0n) is 9.56. The molecule has 0 saturated carbocycles. The van der Waals surface area contributed by atoms with E-state index in [0.29, 0.717) is 0 Å². The molecule has 1 rings (SSSR count). The molecular formula is C13H18BrCl. The van der Waals surface area contributed by atoms with E-state index in [4.69, 9.17) is 11.6 Å². The molecule has 0 aromatic heterocycles. The maximum Gasteiger partial charge on any atom is 0.0427 e. The fraction of sp³-hybridized carbons (Fsp3) is 0.538. The van der Waals surface area contributed by atoms with Gasteiger partial charge in [-0.05, 0) is 36.0 Å². The van der Waals surface area contributed by atoms with Crippen LogP contribution < -0.4 is 0 Å². The van der Waals surface area contributed by atoms with E-state index < -0.39 is 0 Å². The van der Waals surface area contributed by atoms with Gasteiger partial charge in [0.1, 0.15) is 0 Å². The molecule has 0 aliphatic heterocycles. The molecule has 0 bridgehead atoms. The summed E-state index contributed by atoms with van der Waals surface area (Å²) in [7, 11) is 0. The Morgan fingerprint density at radius 2 is 1.80 bits per heavy atom. The van der Waals surface area contributed by atoms with Crippen molar-refractivity contribution in [3.63, 3.8) is 0 Å². The number of hydrogen-bond acceptors (Lipinski definition) is 0. The number of rotatable bonds is 4. The Morgan fingerprint density at radius 3 is 2.27 bits per heavy atom. The third-order valence-corrected chi connectivity index (χ3v) is 4.36. The quantitative estimate of drug-likeness (QED) is 0.682. The fourth-order valence-corrected chi connectivity index (χ4v) is 1.92. The Labute approximate surface area is 106 Å². The van der Waals surface area contributed by atoms with Gasteiger partial charge in [-0.25, -0.2) is 0 Å². The minimum atomic E-state index is 0.198. The lowest BCUT2D eigenvalue weighted by Gasteiger charge is -2.28. The normalized spacial score (nSPS) is 13.9. The van der Waals surface area contributed by atoms with E-state index in [1.165, 1.54) is 5.56 Å². The molecule has 1 aromatic carbocycles. The van der Waals surface area contributed by atoms with Crippen LogP contribution in [-0.2, 0) is 6.42 Å². The van der Waals surface area contributed by atoms with Gasteiger partial charge in [0.2, 0.25) is 0 Å². The Hall–Kier alpha value is -0.0100. The molecule has 2 heteroatoms. The smallest absolute Gasteiger partial charge is 0.0427 e. The van der Waals surface area contributed by atoms with Crippen LogP contribution in [0.4, 0.5) is 0 Å². The molecule has 0 spiro atoms. The van der Waals surface area contributed by atoms with Crippen LogP contribution in [-0.4, -0.2) is 5.38 Å². The Balaban J connectivity index is 2.66. The topological polar surface area (TPSA) is 0 Å². The molecule has 1 atom stereocenters. The standard InChI is InChI=1S/C13H18BrCl/c1-4-13(2,3)12(15)9-10-5-7-11(14)8-6-10/h5-8,12H,4,9H2,1-3H3. The zero-order chi connectivity index (χ0) is 11.5. The van der Waals surface area contributed by atoms with Crippen molar-refractivity contribution in [1.82, 2.24) is 0 Å². The Morgan fingerprint density at radius 1 is 1.27 bits per heavy atom. The van der Waals surface area contributed by atoms with E-state index in [1.54, 1.807) is 0 Å². The highest BCUT2D eigenvalue weighted by molar-refractivity contribution is 9.10. The maximum absolute atomic E-state index is 6.44. The summed E-state index contributed by atoms with van der Waals surface area (Å²) < 4.78 is 1.12. The summed E-state index contributed by atoms with van der Waals surface area (Å²) >= 11 is 9.87. The number of alkyl halides is 1. The fourth-order valence-electron chi connectivity index (χ4n) is 1.33. The highest BCUT2D eigenvalue weighted by Crippen LogP contribution is 2.31. The van der Waals surface area contributed by atoms with Gasteiger partial charge in [0.05, 0.1) is 0 Å². The second kappa shape index (κ2) is 5.36. The lowest BCUT2D eigenvalue weighted by atomic mass is 9.83. The number of benzene rings is 1. The van der Waals surface area contributed by atoms with E-state index in [9.17, 15) is 0 Å². The van der Waals surface area contributed by atoms with Gasteiger partial charge in [-0.1, -0.05) is 48.8 Å². The number of hydrogen-bond donors (Lipinski definition) is 0. The van der Waals surface area contributed by atoms with Crippen LogP contribution >= 0.6 is 27.5 Å². The van der Waals surface area contributed by atoms with E-state index >= 15 is 0 Å². The van der Waals surface area contributed by atoms with Gasteiger partial charge in [-0.3, -0.25) is 0 Å². The van der Waals surface area contributed by atoms with Crippen LogP contribution in [0.3, 0.4) is 0 Å². The van der Waals surface area contributed by atoms with E-state index in [-0.39, 0.29) is 10.8 Å². The second-order valence-corrected chi connectivity index (χ2v) is 6.08. The van der Waals surface area contributed by atoms with Gasteiger partial charge in [-0.2, -0.15) is 0 Å². The van der Waals surface area contributed by atoms with Crippen LogP contribution in [0.5, 0.6) is 0 Å². The summed E-state index contributed by atoms with van der Waals surface area (Å²) in [6.07, 6.45) is 2.05. The van der Waals surface area contributed by atoms with Crippen LogP contribution in [0.25, 0.3) is 0 Å². The molecule has 1 aromatic rings. The first kappa shape index (κ1) is 13.1. The summed E-state index contributed by atoms with van der Waals surface area (Å²) in [5.41, 5.74) is 1.51. The van der Waals surface area contributed by atoms with Crippen molar-refractivity contribution in [2.45, 2.75) is 39.0 Å². The van der Waals surface area contributed by atoms with Gasteiger partial charge in [0.25, 0.3) is 0 Å². The first-order valence-corrected chi connectivity index (χ1v) is 6.57. The molecule has 0 heterocycles. The highest BCUT2D eigenvalue weighted by atomic mass is 79.9. The van der Waals surface area contributed by atoms with Gasteiger partial charge in [0.15, 0.2) is 0 Å². The average Bonchev–Trinajstić information content (AvgIpc) is 2.21. The van der Waals surface area contributed by atoms with Gasteiger partial charge < -0.3 is 0 Å². The Bertz CT molecular complexity index is 303. The van der Waals surface area contributed by atoms with Crippen LogP contribution in [0.1, 0.15) is 32.8 Å². The lowest BCUT2D eigenvalue weighted by Crippen LogP contribution is -2.25. The third-order valence-electron chi connectivity index (χ3n) is 3.09. The molecule has 0 nitrogen and oxygen atoms in total. The second-order valence-electron chi connectivity index (χ2n) is 4.64. The summed E-state index contributed by atoms with van der Waals surface area (Å²) in [4.78, 5) is 0. The molecule has 84 valence electrons. The molecule has 0 fully saturated rings. The molecule has 0 saturated heterocycles. The van der Waals surface area contributed by atoms with Crippen LogP contribution in [0, 0.1) is 5.41 Å². The van der Waals surface area contributed by atoms with Gasteiger partial charge >= 0.3 is 0 Å². The molecule has 0 aliphatic rings. The van der Waals surface area contributed by atoms with Crippen LogP contribution in [0.15, 0.2) is 28.7 Å². The van der Waals surface area contributed by atoms with Crippen LogP contribution in [0.2, 0.25) is 0 Å². The van der Waals surface area contributed by atoms with Gasteiger partial charge in [0, 0.05) is 9.85 Å². The predicted octanol–water partition coefficient (Wildman–Crippen LogP) is 5.04. The maximum atomic E-state index is 6.44. The monoisotopic (exact) mass is 288 g/mol. The van der Waals surface area contributed by atoms with E-state index in [1.807, 2.05) is 0 Å². The van der Waals surface area contributed by atoms with Crippen molar-refractivity contribution < 1.29 is 0 Å². The van der Waals surface area contributed by atoms with Crippen molar-refractivity contribution in [3.8, 4) is 0 Å². The van der Waals surface area contributed by atoms with E-state index in [0.717, 1.165) is 17.3 Å². The number of halogens is 2. The molecule has 15 heavy (non-hydrogen) atoms.